The molecule has 3 heteroatoms. The molecule has 0 aliphatic heterocycles. The van der Waals surface area contributed by atoms with Crippen molar-refractivity contribution in [1.82, 2.24) is 0 Å². The summed E-state index contributed by atoms with van der Waals surface area (Å²) < 4.78 is 13.7. The predicted molar refractivity (Wildman–Crippen MR) is 474 cm³/mol. The number of unbranched alkanes of at least 4 members (excludes halogenated alkanes) is 8. The summed E-state index contributed by atoms with van der Waals surface area (Å²) in [7, 11) is 0. The number of furan rings is 2. The molecule has 13 aromatic carbocycles. The van der Waals surface area contributed by atoms with Gasteiger partial charge in [0.2, 0.25) is 0 Å². The zero-order chi connectivity index (χ0) is 76.7. The lowest BCUT2D eigenvalue weighted by atomic mass is 9.70. The molecule has 5 aliphatic rings. The van der Waals surface area contributed by atoms with Gasteiger partial charge in [0.25, 0.3) is 0 Å². The second-order valence-corrected chi connectivity index (χ2v) is 37.0. The van der Waals surface area contributed by atoms with Crippen LogP contribution in [0, 0.1) is 0 Å². The normalized spacial score (nSPS) is 15.6. The summed E-state index contributed by atoms with van der Waals surface area (Å²) in [6, 6.07) is 94.2. The third kappa shape index (κ3) is 10.5. The third-order valence-electron chi connectivity index (χ3n) is 28.0. The molecular weight excluding hydrogens is 1360 g/mol. The molecule has 15 aromatic rings. The van der Waals surface area contributed by atoms with Crippen LogP contribution in [-0.2, 0) is 32.5 Å². The number of para-hydroxylation sites is 2. The lowest BCUT2D eigenvalue weighted by Gasteiger charge is -2.33. The van der Waals surface area contributed by atoms with Gasteiger partial charge in [0.05, 0.1) is 0 Å². The van der Waals surface area contributed by atoms with Crippen LogP contribution < -0.4 is 4.90 Å². The Kier molecular flexibility index (Phi) is 16.1. The Balaban J connectivity index is 0.628. The molecule has 0 atom stereocenters. The summed E-state index contributed by atoms with van der Waals surface area (Å²) in [5.74, 6) is 0. The maximum atomic E-state index is 7.15. The highest BCUT2D eigenvalue weighted by molar-refractivity contribution is 6.19. The highest BCUT2D eigenvalue weighted by Crippen LogP contribution is 2.62. The summed E-state index contributed by atoms with van der Waals surface area (Å²) in [4.78, 5) is 2.52. The highest BCUT2D eigenvalue weighted by atomic mass is 16.3. The third-order valence-corrected chi connectivity index (χ3v) is 28.0. The van der Waals surface area contributed by atoms with Crippen LogP contribution in [0.25, 0.3) is 133 Å². The number of hydrogen-bond acceptors (Lipinski definition) is 3. The molecule has 5 aliphatic carbocycles. The second-order valence-electron chi connectivity index (χ2n) is 37.0. The largest absolute Gasteiger partial charge is 0.456 e. The zero-order valence-corrected chi connectivity index (χ0v) is 67.8. The number of anilines is 3. The number of rotatable bonds is 18. The molecule has 0 saturated carbocycles. The first-order chi connectivity index (χ1) is 54.1. The van der Waals surface area contributed by atoms with E-state index in [0.717, 1.165) is 55.9 Å². The topological polar surface area (TPSA) is 29.5 Å². The van der Waals surface area contributed by atoms with E-state index in [1.165, 1.54) is 221 Å². The van der Waals surface area contributed by atoms with Crippen molar-refractivity contribution in [2.45, 2.75) is 200 Å². The van der Waals surface area contributed by atoms with Gasteiger partial charge in [-0.2, -0.15) is 0 Å². The molecule has 0 bridgehead atoms. The molecule has 0 unspecified atom stereocenters. The monoisotopic (exact) mass is 1460 g/mol. The van der Waals surface area contributed by atoms with Crippen LogP contribution in [0.2, 0.25) is 0 Å². The van der Waals surface area contributed by atoms with E-state index in [2.05, 4.69) is 338 Å². The van der Waals surface area contributed by atoms with E-state index in [0.29, 0.717) is 0 Å². The van der Waals surface area contributed by atoms with Crippen LogP contribution in [0.4, 0.5) is 17.1 Å². The number of benzene rings is 13. The van der Waals surface area contributed by atoms with E-state index in [1.54, 1.807) is 11.1 Å². The molecule has 0 saturated heterocycles. The number of fused-ring (bicyclic) bond motifs is 23. The quantitative estimate of drug-likeness (QED) is 0.0802. The van der Waals surface area contributed by atoms with Crippen molar-refractivity contribution in [1.29, 1.82) is 0 Å². The average molecular weight is 1460 g/mol. The molecular formula is C109H103NO2. The predicted octanol–water partition coefficient (Wildman–Crippen LogP) is 31.5. The van der Waals surface area contributed by atoms with E-state index in [4.69, 9.17) is 8.83 Å². The first-order valence-electron chi connectivity index (χ1n) is 42.1. The van der Waals surface area contributed by atoms with Gasteiger partial charge in [0, 0.05) is 71.2 Å². The fourth-order valence-electron chi connectivity index (χ4n) is 21.7. The Bertz CT molecular complexity index is 6370. The zero-order valence-electron chi connectivity index (χ0n) is 67.8. The van der Waals surface area contributed by atoms with Crippen LogP contribution in [0.3, 0.4) is 0 Å². The molecule has 2 heterocycles. The summed E-state index contributed by atoms with van der Waals surface area (Å²) in [6.45, 7) is 31.0. The smallest absolute Gasteiger partial charge is 0.143 e. The molecule has 0 amide bonds. The van der Waals surface area contributed by atoms with Crippen LogP contribution in [0.1, 0.15) is 228 Å². The van der Waals surface area contributed by atoms with Crippen molar-refractivity contribution in [3.8, 4) is 89.0 Å². The molecule has 0 fully saturated rings. The Morgan fingerprint density at radius 1 is 0.286 bits per heavy atom. The van der Waals surface area contributed by atoms with Crippen molar-refractivity contribution in [2.75, 3.05) is 4.90 Å². The first kappa shape index (κ1) is 70.4. The molecule has 3 nitrogen and oxygen atoms in total. The summed E-state index contributed by atoms with van der Waals surface area (Å²) in [6.07, 6.45) is 15.5. The fraction of sp³-hybridized carbons (Fsp3) is 0.284. The van der Waals surface area contributed by atoms with Crippen LogP contribution in [0.15, 0.2) is 251 Å². The molecule has 0 N–H and O–H groups in total. The van der Waals surface area contributed by atoms with Gasteiger partial charge < -0.3 is 13.7 Å². The molecule has 0 spiro atoms. The van der Waals surface area contributed by atoms with Crippen molar-refractivity contribution in [2.24, 2.45) is 0 Å². The van der Waals surface area contributed by atoms with Gasteiger partial charge in [0.1, 0.15) is 22.3 Å². The van der Waals surface area contributed by atoms with Gasteiger partial charge in [-0.25, -0.2) is 0 Å². The van der Waals surface area contributed by atoms with Gasteiger partial charge >= 0.3 is 0 Å². The van der Waals surface area contributed by atoms with E-state index in [1.807, 2.05) is 0 Å². The van der Waals surface area contributed by atoms with Crippen LogP contribution >= 0.6 is 0 Å². The molecule has 112 heavy (non-hydrogen) atoms. The fourth-order valence-corrected chi connectivity index (χ4v) is 21.7. The Morgan fingerprint density at radius 3 is 1.35 bits per heavy atom. The van der Waals surface area contributed by atoms with Crippen LogP contribution in [-0.4, -0.2) is 0 Å². The first-order valence-corrected chi connectivity index (χ1v) is 42.1. The Labute approximate surface area is 662 Å². The maximum absolute atomic E-state index is 7.15. The lowest BCUT2D eigenvalue weighted by Crippen LogP contribution is -2.25. The van der Waals surface area contributed by atoms with Gasteiger partial charge in [-0.15, -0.1) is 0 Å². The standard InChI is InChI=1S/C109H103NO2/c1-14-16-18-20-28-56-109(57-29-21-19-17-15-2)86-33-25-22-30-75(86)78-51-42-70(60-94(78)109)69-41-50-77-76-49-40-68(58-88(76)106(8,9)89(77)59-69)66-36-38-67(39-37-66)83-63-95-99(102-82-32-24-27-35-97(82)112-103(83)102)80-53-48-74(62-91(80)108(95,12)13)110(72-45-43-71(44-46-72)104(3,4)5)73-47-52-79-84-64-93-85(65-92(84)107(10,11)90(79)61-73)100-87(105(93,6)7)54-55-98-101(100)81-31-23-26-34-96(81)111-98/h22-27,30-55,58-65H,14-21,28-29,56-57H2,1-13H3. The molecule has 2 aromatic heterocycles. The highest BCUT2D eigenvalue weighted by Gasteiger charge is 2.47. The minimum atomic E-state index is -0.373. The van der Waals surface area contributed by atoms with Crippen molar-refractivity contribution in [3.05, 3.63) is 304 Å². The van der Waals surface area contributed by atoms with Gasteiger partial charge in [-0.1, -0.05) is 306 Å². The summed E-state index contributed by atoms with van der Waals surface area (Å²) in [5, 5.41) is 4.73. The van der Waals surface area contributed by atoms with Crippen molar-refractivity contribution >= 4 is 60.9 Å². The summed E-state index contributed by atoms with van der Waals surface area (Å²) in [5.41, 5.74) is 42.2. The Morgan fingerprint density at radius 2 is 0.714 bits per heavy atom. The minimum Gasteiger partial charge on any atom is -0.456 e. The molecule has 0 radical (unpaired) electrons. The maximum Gasteiger partial charge on any atom is 0.143 e. The van der Waals surface area contributed by atoms with E-state index >= 15 is 0 Å². The summed E-state index contributed by atoms with van der Waals surface area (Å²) >= 11 is 0. The van der Waals surface area contributed by atoms with E-state index in [9.17, 15) is 0 Å². The van der Waals surface area contributed by atoms with E-state index in [-0.39, 0.29) is 32.5 Å². The number of nitrogens with zero attached hydrogens (tertiary/aromatic N) is 1. The van der Waals surface area contributed by atoms with Gasteiger partial charge in [-0.05, 0) is 254 Å². The number of hydrogen-bond donors (Lipinski definition) is 0. The molecule has 556 valence electrons. The van der Waals surface area contributed by atoms with Crippen LogP contribution in [0.5, 0.6) is 0 Å². The minimum absolute atomic E-state index is 0.000442. The second kappa shape index (κ2) is 25.6. The van der Waals surface area contributed by atoms with Crippen molar-refractivity contribution in [3.63, 3.8) is 0 Å². The lowest BCUT2D eigenvalue weighted by molar-refractivity contribution is 0.399. The SMILES string of the molecule is CCCCCCCC1(CCCCCCC)c2ccccc2-c2ccc(-c3ccc4c(c3)C(C)(C)c3cc(-c5ccc(-c6cc7c(c8c6oc6ccccc68)-c6ccc(N(c8ccc(C(C)(C)C)cc8)c8ccc9c(c8)C(C)(C)c8cc%10c(cc8-9)C(C)(C)c8ccc9oc%11ccccc%11c9c8-%10)cc6C7(C)C)cc5)ccc3-4)cc21. The molecule has 20 rings (SSSR count). The van der Waals surface area contributed by atoms with Crippen molar-refractivity contribution < 1.29 is 8.83 Å². The van der Waals surface area contributed by atoms with E-state index < -0.39 is 0 Å². The van der Waals surface area contributed by atoms with Gasteiger partial charge in [-0.3, -0.25) is 0 Å². The van der Waals surface area contributed by atoms with Gasteiger partial charge in [0.15, 0.2) is 0 Å². The Hall–Kier alpha value is -10.7. The average Bonchev–Trinajstić information content (AvgIpc) is 1.59.